The Balaban J connectivity index is 2.55. The van der Waals surface area contributed by atoms with E-state index >= 15 is 0 Å². The topological polar surface area (TPSA) is 29.9 Å². The zero-order chi connectivity index (χ0) is 14.1. The summed E-state index contributed by atoms with van der Waals surface area (Å²) in [6, 6.07) is 0.482. The van der Waals surface area contributed by atoms with Crippen LogP contribution in [0.25, 0.3) is 0 Å². The van der Waals surface area contributed by atoms with Crippen LogP contribution in [0.2, 0.25) is 0 Å². The second-order valence-electron chi connectivity index (χ2n) is 5.37. The lowest BCUT2D eigenvalue weighted by atomic mass is 9.99. The van der Waals surface area contributed by atoms with Gasteiger partial charge in [-0.05, 0) is 19.4 Å². The molecule has 0 saturated heterocycles. The number of aromatic nitrogens is 2. The van der Waals surface area contributed by atoms with E-state index in [1.54, 1.807) is 0 Å². The fraction of sp³-hybridized carbons (Fsp3) is 0.812. The van der Waals surface area contributed by atoms with Crippen molar-refractivity contribution in [1.82, 2.24) is 15.1 Å². The van der Waals surface area contributed by atoms with Gasteiger partial charge in [-0.15, -0.1) is 0 Å². The van der Waals surface area contributed by atoms with Gasteiger partial charge in [-0.2, -0.15) is 5.10 Å². The molecule has 0 fully saturated rings. The summed E-state index contributed by atoms with van der Waals surface area (Å²) in [6.45, 7) is 7.67. The molecule has 0 spiro atoms. The summed E-state index contributed by atoms with van der Waals surface area (Å²) >= 11 is 0. The molecular weight excluding hydrogens is 234 g/mol. The first kappa shape index (κ1) is 16.2. The molecule has 0 aliphatic heterocycles. The number of nitrogens with zero attached hydrogens (tertiary/aromatic N) is 2. The molecule has 0 aromatic carbocycles. The summed E-state index contributed by atoms with van der Waals surface area (Å²) in [7, 11) is 2.02. The number of hydrogen-bond donors (Lipinski definition) is 1. The van der Waals surface area contributed by atoms with Crippen molar-refractivity contribution in [2.24, 2.45) is 7.05 Å². The number of unbranched alkanes of at least 4 members (excludes halogenated alkanes) is 4. The van der Waals surface area contributed by atoms with Crippen LogP contribution >= 0.6 is 0 Å². The monoisotopic (exact) mass is 265 g/mol. The molecule has 1 N–H and O–H groups in total. The van der Waals surface area contributed by atoms with E-state index in [1.807, 2.05) is 11.7 Å². The summed E-state index contributed by atoms with van der Waals surface area (Å²) in [5.41, 5.74) is 2.66. The van der Waals surface area contributed by atoms with E-state index in [1.165, 1.54) is 49.8 Å². The van der Waals surface area contributed by atoms with Crippen molar-refractivity contribution in [3.8, 4) is 0 Å². The van der Waals surface area contributed by atoms with Crippen LogP contribution in [0.5, 0.6) is 0 Å². The normalized spacial score (nSPS) is 12.8. The lowest BCUT2D eigenvalue weighted by Crippen LogP contribution is -2.21. The van der Waals surface area contributed by atoms with Gasteiger partial charge in [0.05, 0.1) is 5.69 Å². The van der Waals surface area contributed by atoms with Gasteiger partial charge >= 0.3 is 0 Å². The first-order valence-electron chi connectivity index (χ1n) is 7.98. The summed E-state index contributed by atoms with van der Waals surface area (Å²) in [4.78, 5) is 0. The average Bonchev–Trinajstić information content (AvgIpc) is 2.78. The molecule has 1 atom stereocenters. The first-order valence-corrected chi connectivity index (χ1v) is 7.98. The van der Waals surface area contributed by atoms with Gasteiger partial charge in [0, 0.05) is 24.8 Å². The van der Waals surface area contributed by atoms with Crippen LogP contribution in [0.1, 0.15) is 76.6 Å². The second kappa shape index (κ2) is 9.13. The SMILES string of the molecule is CCCCCCCC(NCC)c1cn(C)nc1CC. The predicted molar refractivity (Wildman–Crippen MR) is 82.4 cm³/mol. The minimum absolute atomic E-state index is 0.482. The lowest BCUT2D eigenvalue weighted by molar-refractivity contribution is 0.476. The fourth-order valence-electron chi connectivity index (χ4n) is 2.68. The van der Waals surface area contributed by atoms with Crippen molar-refractivity contribution in [1.29, 1.82) is 0 Å². The number of hydrogen-bond acceptors (Lipinski definition) is 2. The molecule has 1 heterocycles. The standard InChI is InChI=1S/C16H31N3/c1-5-8-9-10-11-12-16(17-7-3)14-13-19(4)18-15(14)6-2/h13,16-17H,5-12H2,1-4H3. The third-order valence-corrected chi connectivity index (χ3v) is 3.69. The third kappa shape index (κ3) is 5.35. The summed E-state index contributed by atoms with van der Waals surface area (Å²) in [5.74, 6) is 0. The molecule has 0 amide bonds. The molecule has 1 unspecified atom stereocenters. The molecule has 19 heavy (non-hydrogen) atoms. The van der Waals surface area contributed by atoms with Crippen LogP contribution in [0.3, 0.4) is 0 Å². The van der Waals surface area contributed by atoms with Gasteiger partial charge in [0.1, 0.15) is 0 Å². The summed E-state index contributed by atoms with van der Waals surface area (Å²) < 4.78 is 1.95. The molecule has 1 rings (SSSR count). The molecule has 110 valence electrons. The maximum Gasteiger partial charge on any atom is 0.0669 e. The third-order valence-electron chi connectivity index (χ3n) is 3.69. The Bertz CT molecular complexity index is 344. The molecule has 0 aliphatic carbocycles. The summed E-state index contributed by atoms with van der Waals surface area (Å²) in [5, 5.41) is 8.19. The zero-order valence-corrected chi connectivity index (χ0v) is 13.2. The largest absolute Gasteiger partial charge is 0.310 e. The highest BCUT2D eigenvalue weighted by atomic mass is 15.3. The molecule has 3 nitrogen and oxygen atoms in total. The molecule has 0 radical (unpaired) electrons. The molecular formula is C16H31N3. The molecule has 3 heteroatoms. The Morgan fingerprint density at radius 1 is 1.16 bits per heavy atom. The Morgan fingerprint density at radius 2 is 1.89 bits per heavy atom. The number of rotatable bonds is 10. The van der Waals surface area contributed by atoms with Gasteiger partial charge in [-0.1, -0.05) is 52.9 Å². The Labute approximate surface area is 118 Å². The average molecular weight is 265 g/mol. The maximum atomic E-state index is 4.57. The van der Waals surface area contributed by atoms with Gasteiger partial charge in [0.15, 0.2) is 0 Å². The van der Waals surface area contributed by atoms with E-state index in [2.05, 4.69) is 37.4 Å². The molecule has 0 saturated carbocycles. The van der Waals surface area contributed by atoms with E-state index in [-0.39, 0.29) is 0 Å². The van der Waals surface area contributed by atoms with Gasteiger partial charge in [0.25, 0.3) is 0 Å². The van der Waals surface area contributed by atoms with Crippen molar-refractivity contribution in [3.05, 3.63) is 17.5 Å². The molecule has 0 aliphatic rings. The Morgan fingerprint density at radius 3 is 2.53 bits per heavy atom. The molecule has 0 bridgehead atoms. The van der Waals surface area contributed by atoms with Crippen LogP contribution in [-0.2, 0) is 13.5 Å². The smallest absolute Gasteiger partial charge is 0.0669 e. The Hall–Kier alpha value is -0.830. The first-order chi connectivity index (χ1) is 9.22. The van der Waals surface area contributed by atoms with E-state index in [0.717, 1.165) is 13.0 Å². The van der Waals surface area contributed by atoms with Crippen LogP contribution in [0.15, 0.2) is 6.20 Å². The molecule has 1 aromatic rings. The summed E-state index contributed by atoms with van der Waals surface area (Å²) in [6.07, 6.45) is 11.2. The van der Waals surface area contributed by atoms with E-state index in [9.17, 15) is 0 Å². The Kier molecular flexibility index (Phi) is 7.80. The van der Waals surface area contributed by atoms with Crippen molar-refractivity contribution in [2.45, 2.75) is 71.8 Å². The lowest BCUT2D eigenvalue weighted by Gasteiger charge is -2.17. The van der Waals surface area contributed by atoms with Gasteiger partial charge < -0.3 is 5.32 Å². The predicted octanol–water partition coefficient (Wildman–Crippen LogP) is 3.99. The van der Waals surface area contributed by atoms with E-state index < -0.39 is 0 Å². The van der Waals surface area contributed by atoms with Crippen LogP contribution in [0.4, 0.5) is 0 Å². The second-order valence-corrected chi connectivity index (χ2v) is 5.37. The number of aryl methyl sites for hydroxylation is 2. The fourth-order valence-corrected chi connectivity index (χ4v) is 2.68. The quantitative estimate of drug-likeness (QED) is 0.648. The zero-order valence-electron chi connectivity index (χ0n) is 13.2. The van der Waals surface area contributed by atoms with Gasteiger partial charge in [0.2, 0.25) is 0 Å². The van der Waals surface area contributed by atoms with Crippen LogP contribution in [-0.4, -0.2) is 16.3 Å². The van der Waals surface area contributed by atoms with Gasteiger partial charge in [-0.25, -0.2) is 0 Å². The van der Waals surface area contributed by atoms with Gasteiger partial charge in [-0.3, -0.25) is 4.68 Å². The number of nitrogens with one attached hydrogen (secondary N) is 1. The van der Waals surface area contributed by atoms with E-state index in [0.29, 0.717) is 6.04 Å². The van der Waals surface area contributed by atoms with Crippen molar-refractivity contribution in [2.75, 3.05) is 6.54 Å². The highest BCUT2D eigenvalue weighted by Crippen LogP contribution is 2.23. The highest BCUT2D eigenvalue weighted by Gasteiger charge is 2.16. The minimum Gasteiger partial charge on any atom is -0.310 e. The van der Waals surface area contributed by atoms with Crippen LogP contribution in [0, 0.1) is 0 Å². The van der Waals surface area contributed by atoms with Crippen LogP contribution < -0.4 is 5.32 Å². The molecule has 1 aromatic heterocycles. The van der Waals surface area contributed by atoms with E-state index in [4.69, 9.17) is 0 Å². The van der Waals surface area contributed by atoms with Crippen molar-refractivity contribution < 1.29 is 0 Å². The maximum absolute atomic E-state index is 4.57. The highest BCUT2D eigenvalue weighted by molar-refractivity contribution is 5.21. The van der Waals surface area contributed by atoms with Crippen molar-refractivity contribution >= 4 is 0 Å². The minimum atomic E-state index is 0.482. The van der Waals surface area contributed by atoms with Crippen molar-refractivity contribution in [3.63, 3.8) is 0 Å².